The molecule has 2 atom stereocenters. The highest BCUT2D eigenvalue weighted by molar-refractivity contribution is 7.90. The molecule has 0 aromatic carbocycles. The average Bonchev–Trinajstić information content (AvgIpc) is 2.88. The third kappa shape index (κ3) is 6.45. The molecule has 0 radical (unpaired) electrons. The number of hydrogen-bond acceptors (Lipinski definition) is 5. The Hall–Kier alpha value is -1.38. The third-order valence-electron chi connectivity index (χ3n) is 4.44. The van der Waals surface area contributed by atoms with Crippen LogP contribution in [-0.2, 0) is 9.84 Å². The van der Waals surface area contributed by atoms with Crippen LogP contribution in [0.4, 0.5) is 0 Å². The molecule has 2 rings (SSSR count). The predicted octanol–water partition coefficient (Wildman–Crippen LogP) is 0.528. The molecule has 1 aromatic rings. The minimum absolute atomic E-state index is 0. The summed E-state index contributed by atoms with van der Waals surface area (Å²) in [6.07, 6.45) is 2.64. The van der Waals surface area contributed by atoms with E-state index >= 15 is 0 Å². The Labute approximate surface area is 154 Å². The van der Waals surface area contributed by atoms with Crippen molar-refractivity contribution in [2.45, 2.75) is 19.9 Å². The molecule has 2 heterocycles. The lowest BCUT2D eigenvalue weighted by atomic mass is 9.91. The van der Waals surface area contributed by atoms with Crippen LogP contribution in [0, 0.1) is 11.8 Å². The Bertz CT molecular complexity index is 727. The van der Waals surface area contributed by atoms with Gasteiger partial charge < -0.3 is 10.3 Å². The highest BCUT2D eigenvalue weighted by Gasteiger charge is 2.35. The first-order valence-corrected chi connectivity index (χ1v) is 10.1. The van der Waals surface area contributed by atoms with Gasteiger partial charge in [-0.15, -0.1) is 12.4 Å². The normalized spacial score (nSPS) is 21.1. The maximum absolute atomic E-state index is 12.4. The Morgan fingerprint density at radius 2 is 2.04 bits per heavy atom. The highest BCUT2D eigenvalue weighted by Crippen LogP contribution is 2.24. The quantitative estimate of drug-likeness (QED) is 0.736. The molecule has 1 aliphatic heterocycles. The number of hydrogen-bond donors (Lipinski definition) is 2. The van der Waals surface area contributed by atoms with Gasteiger partial charge in [0, 0.05) is 44.2 Å². The van der Waals surface area contributed by atoms with Crippen molar-refractivity contribution in [1.82, 2.24) is 15.2 Å². The summed E-state index contributed by atoms with van der Waals surface area (Å²) >= 11 is 0. The van der Waals surface area contributed by atoms with Crippen molar-refractivity contribution < 1.29 is 13.2 Å². The standard InChI is InChI=1S/C16H25N3O4S.ClH/c1-11(2)13-9-19(6-7-24(3,22)23)10-14(13)18-16(21)12-4-5-15(20)17-8-12;/h4-5,8,11,13-14H,6-7,9-10H2,1-3H3,(H,17,20)(H,18,21);1H/t13-,14+;/m1./s1. The number of pyridine rings is 1. The van der Waals surface area contributed by atoms with Crippen molar-refractivity contribution in [2.75, 3.05) is 31.6 Å². The van der Waals surface area contributed by atoms with E-state index in [0.29, 0.717) is 24.6 Å². The van der Waals surface area contributed by atoms with Gasteiger partial charge in [0.05, 0.1) is 11.3 Å². The number of amides is 1. The van der Waals surface area contributed by atoms with E-state index in [1.165, 1.54) is 24.6 Å². The molecular formula is C16H26ClN3O4S. The minimum Gasteiger partial charge on any atom is -0.348 e. The molecule has 1 saturated heterocycles. The summed E-state index contributed by atoms with van der Waals surface area (Å²) in [7, 11) is -3.00. The van der Waals surface area contributed by atoms with E-state index in [1.807, 2.05) is 0 Å². The van der Waals surface area contributed by atoms with E-state index in [1.54, 1.807) is 0 Å². The van der Waals surface area contributed by atoms with Crippen LogP contribution < -0.4 is 10.9 Å². The number of halogens is 1. The van der Waals surface area contributed by atoms with Crippen molar-refractivity contribution in [1.29, 1.82) is 0 Å². The molecule has 1 fully saturated rings. The smallest absolute Gasteiger partial charge is 0.253 e. The first-order chi connectivity index (χ1) is 11.2. The van der Waals surface area contributed by atoms with Crippen LogP contribution in [0.15, 0.2) is 23.1 Å². The molecule has 1 amide bonds. The lowest BCUT2D eigenvalue weighted by Gasteiger charge is -2.23. The van der Waals surface area contributed by atoms with E-state index in [9.17, 15) is 18.0 Å². The average molecular weight is 392 g/mol. The van der Waals surface area contributed by atoms with Crippen LogP contribution in [0.1, 0.15) is 24.2 Å². The summed E-state index contributed by atoms with van der Waals surface area (Å²) in [6, 6.07) is 2.78. The van der Waals surface area contributed by atoms with Gasteiger partial charge in [-0.05, 0) is 17.9 Å². The summed E-state index contributed by atoms with van der Waals surface area (Å²) in [5.74, 6) is 0.524. The SMILES string of the molecule is CC(C)[C@H]1CN(CCS(C)(=O)=O)C[C@@H]1NC(=O)c1ccc(=O)[nH]c1.Cl. The zero-order valence-corrected chi connectivity index (χ0v) is 16.3. The molecule has 25 heavy (non-hydrogen) atoms. The van der Waals surface area contributed by atoms with Crippen LogP contribution in [-0.4, -0.2) is 61.9 Å². The summed E-state index contributed by atoms with van der Waals surface area (Å²) in [4.78, 5) is 28.0. The monoisotopic (exact) mass is 391 g/mol. The van der Waals surface area contributed by atoms with Gasteiger partial charge in [0.25, 0.3) is 5.91 Å². The fourth-order valence-electron chi connectivity index (χ4n) is 3.02. The van der Waals surface area contributed by atoms with Gasteiger partial charge in [-0.25, -0.2) is 8.42 Å². The Balaban J connectivity index is 0.00000312. The maximum Gasteiger partial charge on any atom is 0.253 e. The van der Waals surface area contributed by atoms with Gasteiger partial charge in [-0.2, -0.15) is 0 Å². The Morgan fingerprint density at radius 3 is 2.56 bits per heavy atom. The summed E-state index contributed by atoms with van der Waals surface area (Å²) in [5, 5.41) is 3.02. The number of carbonyl (C=O) groups is 1. The van der Waals surface area contributed by atoms with E-state index in [2.05, 4.69) is 29.0 Å². The topological polar surface area (TPSA) is 99.3 Å². The number of nitrogens with zero attached hydrogens (tertiary/aromatic N) is 1. The van der Waals surface area contributed by atoms with Gasteiger partial charge >= 0.3 is 0 Å². The predicted molar refractivity (Wildman–Crippen MR) is 100 cm³/mol. The fraction of sp³-hybridized carbons (Fsp3) is 0.625. The van der Waals surface area contributed by atoms with Gasteiger partial charge in [0.1, 0.15) is 9.84 Å². The zero-order chi connectivity index (χ0) is 17.9. The number of H-pyrrole nitrogens is 1. The zero-order valence-electron chi connectivity index (χ0n) is 14.7. The summed E-state index contributed by atoms with van der Waals surface area (Å²) < 4.78 is 22.7. The number of sulfone groups is 1. The molecule has 142 valence electrons. The van der Waals surface area contributed by atoms with Crippen molar-refractivity contribution in [3.05, 3.63) is 34.2 Å². The van der Waals surface area contributed by atoms with Gasteiger partial charge in [0.2, 0.25) is 5.56 Å². The number of nitrogens with one attached hydrogen (secondary N) is 2. The summed E-state index contributed by atoms with van der Waals surface area (Å²) in [6.45, 7) is 6.08. The molecule has 1 aromatic heterocycles. The van der Waals surface area contributed by atoms with Gasteiger partial charge in [-0.3, -0.25) is 14.5 Å². The number of carbonyl (C=O) groups excluding carboxylic acids is 1. The van der Waals surface area contributed by atoms with E-state index in [-0.39, 0.29) is 41.6 Å². The molecule has 2 N–H and O–H groups in total. The summed E-state index contributed by atoms with van der Waals surface area (Å²) in [5.41, 5.74) is 0.158. The first kappa shape index (κ1) is 21.7. The second-order valence-corrected chi connectivity index (χ2v) is 9.08. The van der Waals surface area contributed by atoms with Crippen molar-refractivity contribution in [2.24, 2.45) is 11.8 Å². The largest absolute Gasteiger partial charge is 0.348 e. The fourth-order valence-corrected chi connectivity index (χ4v) is 3.61. The second kappa shape index (κ2) is 8.82. The molecule has 0 unspecified atom stereocenters. The number of rotatable bonds is 6. The third-order valence-corrected chi connectivity index (χ3v) is 5.36. The van der Waals surface area contributed by atoms with Crippen LogP contribution >= 0.6 is 12.4 Å². The number of likely N-dealkylation sites (tertiary alicyclic amines) is 1. The molecular weight excluding hydrogens is 366 g/mol. The van der Waals surface area contributed by atoms with Crippen molar-refractivity contribution >= 4 is 28.2 Å². The van der Waals surface area contributed by atoms with Crippen LogP contribution in [0.25, 0.3) is 0 Å². The Kier molecular flexibility index (Phi) is 7.64. The molecule has 1 aliphatic rings. The van der Waals surface area contributed by atoms with Gasteiger partial charge in [0.15, 0.2) is 0 Å². The second-order valence-electron chi connectivity index (χ2n) is 6.82. The van der Waals surface area contributed by atoms with E-state index < -0.39 is 9.84 Å². The van der Waals surface area contributed by atoms with Crippen LogP contribution in [0.5, 0.6) is 0 Å². The molecule has 9 heteroatoms. The van der Waals surface area contributed by atoms with Crippen LogP contribution in [0.2, 0.25) is 0 Å². The van der Waals surface area contributed by atoms with E-state index in [4.69, 9.17) is 0 Å². The Morgan fingerprint density at radius 1 is 1.36 bits per heavy atom. The molecule has 0 spiro atoms. The number of aromatic nitrogens is 1. The number of aromatic amines is 1. The molecule has 0 saturated carbocycles. The molecule has 0 bridgehead atoms. The van der Waals surface area contributed by atoms with Crippen LogP contribution in [0.3, 0.4) is 0 Å². The lowest BCUT2D eigenvalue weighted by Crippen LogP contribution is -2.42. The highest BCUT2D eigenvalue weighted by atomic mass is 35.5. The molecule has 0 aliphatic carbocycles. The van der Waals surface area contributed by atoms with Crippen molar-refractivity contribution in [3.63, 3.8) is 0 Å². The van der Waals surface area contributed by atoms with Gasteiger partial charge in [-0.1, -0.05) is 13.8 Å². The maximum atomic E-state index is 12.4. The first-order valence-electron chi connectivity index (χ1n) is 8.05. The van der Waals surface area contributed by atoms with E-state index in [0.717, 1.165) is 6.54 Å². The van der Waals surface area contributed by atoms with Crippen molar-refractivity contribution in [3.8, 4) is 0 Å². The minimum atomic E-state index is -3.00. The lowest BCUT2D eigenvalue weighted by molar-refractivity contribution is 0.0925. The molecule has 7 nitrogen and oxygen atoms in total.